The largest absolute Gasteiger partial charge is 0.313 e. The smallest absolute Gasteiger partial charge is 0.147 e. The lowest BCUT2D eigenvalue weighted by Crippen LogP contribution is -2.33. The van der Waals surface area contributed by atoms with Gasteiger partial charge in [0.15, 0.2) is 0 Å². The third-order valence-corrected chi connectivity index (χ3v) is 3.55. The summed E-state index contributed by atoms with van der Waals surface area (Å²) in [5.41, 5.74) is 1.83. The Morgan fingerprint density at radius 1 is 1.26 bits per heavy atom. The van der Waals surface area contributed by atoms with Crippen molar-refractivity contribution >= 4 is 0 Å². The van der Waals surface area contributed by atoms with Crippen LogP contribution in [0.3, 0.4) is 0 Å². The van der Waals surface area contributed by atoms with Gasteiger partial charge in [0.2, 0.25) is 0 Å². The Morgan fingerprint density at radius 3 is 2.95 bits per heavy atom. The van der Waals surface area contributed by atoms with Crippen LogP contribution in [0.15, 0.2) is 24.3 Å². The molecule has 0 radical (unpaired) electrons. The van der Waals surface area contributed by atoms with Crippen LogP contribution in [-0.4, -0.2) is 26.2 Å². The molecule has 0 fully saturated rings. The molecule has 0 aliphatic carbocycles. The van der Waals surface area contributed by atoms with E-state index in [-0.39, 0.29) is 0 Å². The second kappa shape index (κ2) is 4.82. The molecule has 0 amide bonds. The molecule has 3 rings (SSSR count). The summed E-state index contributed by atoms with van der Waals surface area (Å²) in [6.07, 6.45) is 0. The molecule has 0 saturated heterocycles. The molecular formula is C14H15N5. The van der Waals surface area contributed by atoms with Gasteiger partial charge in [-0.2, -0.15) is 5.26 Å². The molecular weight excluding hydrogens is 238 g/mol. The number of fused-ring (bicyclic) bond motifs is 1. The molecule has 0 unspecified atom stereocenters. The number of nitriles is 1. The maximum atomic E-state index is 9.11. The molecule has 0 N–H and O–H groups in total. The zero-order chi connectivity index (χ0) is 13.2. The number of aromatic nitrogens is 3. The summed E-state index contributed by atoms with van der Waals surface area (Å²) in [5.74, 6) is 1.99. The van der Waals surface area contributed by atoms with E-state index in [9.17, 15) is 0 Å². The Balaban J connectivity index is 1.78. The Labute approximate surface area is 112 Å². The number of benzene rings is 1. The molecule has 1 aliphatic rings. The third kappa shape index (κ3) is 2.23. The highest BCUT2D eigenvalue weighted by atomic mass is 15.3. The van der Waals surface area contributed by atoms with Gasteiger partial charge in [-0.05, 0) is 18.6 Å². The van der Waals surface area contributed by atoms with Gasteiger partial charge in [0.05, 0.1) is 18.2 Å². The average Bonchev–Trinajstić information content (AvgIpc) is 2.81. The minimum absolute atomic E-state index is 0.755. The Morgan fingerprint density at radius 2 is 2.11 bits per heavy atom. The highest BCUT2D eigenvalue weighted by Crippen LogP contribution is 2.16. The lowest BCUT2D eigenvalue weighted by molar-refractivity contribution is 0.207. The fraction of sp³-hybridized carbons (Fsp3) is 0.357. The van der Waals surface area contributed by atoms with Gasteiger partial charge in [-0.1, -0.05) is 18.2 Å². The molecule has 0 saturated carbocycles. The van der Waals surface area contributed by atoms with E-state index < -0.39 is 0 Å². The summed E-state index contributed by atoms with van der Waals surface area (Å²) in [7, 11) is 0. The minimum Gasteiger partial charge on any atom is -0.313 e. The van der Waals surface area contributed by atoms with E-state index in [4.69, 9.17) is 5.26 Å². The zero-order valence-electron chi connectivity index (χ0n) is 10.9. The fourth-order valence-corrected chi connectivity index (χ4v) is 2.50. The van der Waals surface area contributed by atoms with E-state index in [2.05, 4.69) is 25.7 Å². The van der Waals surface area contributed by atoms with Crippen molar-refractivity contribution in [1.82, 2.24) is 19.7 Å². The molecule has 5 heteroatoms. The van der Waals surface area contributed by atoms with Crippen molar-refractivity contribution < 1.29 is 0 Å². The van der Waals surface area contributed by atoms with Crippen molar-refractivity contribution in [1.29, 1.82) is 5.26 Å². The molecule has 1 aliphatic heterocycles. The Hall–Kier alpha value is -2.19. The number of aryl methyl sites for hydroxylation is 1. The van der Waals surface area contributed by atoms with E-state index in [1.807, 2.05) is 31.2 Å². The van der Waals surface area contributed by atoms with Crippen molar-refractivity contribution in [3.8, 4) is 6.07 Å². The Bertz CT molecular complexity index is 638. The summed E-state index contributed by atoms with van der Waals surface area (Å²) >= 11 is 0. The second-order valence-corrected chi connectivity index (χ2v) is 4.79. The zero-order valence-corrected chi connectivity index (χ0v) is 10.9. The van der Waals surface area contributed by atoms with Crippen LogP contribution in [0.4, 0.5) is 0 Å². The quantitative estimate of drug-likeness (QED) is 0.813. The van der Waals surface area contributed by atoms with Crippen LogP contribution in [0.5, 0.6) is 0 Å². The predicted molar refractivity (Wildman–Crippen MR) is 70.0 cm³/mol. The van der Waals surface area contributed by atoms with Gasteiger partial charge in [-0.3, -0.25) is 4.90 Å². The van der Waals surface area contributed by atoms with Crippen LogP contribution in [0.1, 0.15) is 22.8 Å². The molecule has 1 aromatic heterocycles. The first-order valence-corrected chi connectivity index (χ1v) is 6.37. The van der Waals surface area contributed by atoms with Gasteiger partial charge in [0.1, 0.15) is 11.6 Å². The standard InChI is InChI=1S/C14H15N5/c1-11-16-17-14-10-18(6-7-19(11)14)9-13-5-3-2-4-12(13)8-15/h2-5H,6-7,9-10H2,1H3. The first kappa shape index (κ1) is 11.9. The minimum atomic E-state index is 0.755. The summed E-state index contributed by atoms with van der Waals surface area (Å²) in [6.45, 7) is 5.45. The maximum absolute atomic E-state index is 9.11. The number of hydrogen-bond donors (Lipinski definition) is 0. The van der Waals surface area contributed by atoms with E-state index in [0.29, 0.717) is 0 Å². The van der Waals surface area contributed by atoms with Gasteiger partial charge in [-0.15, -0.1) is 10.2 Å². The fourth-order valence-electron chi connectivity index (χ4n) is 2.50. The molecule has 0 bridgehead atoms. The number of rotatable bonds is 2. The van der Waals surface area contributed by atoms with E-state index in [1.54, 1.807) is 0 Å². The van der Waals surface area contributed by atoms with Gasteiger partial charge in [0, 0.05) is 19.6 Å². The monoisotopic (exact) mass is 253 g/mol. The lowest BCUT2D eigenvalue weighted by Gasteiger charge is -2.27. The van der Waals surface area contributed by atoms with E-state index >= 15 is 0 Å². The third-order valence-electron chi connectivity index (χ3n) is 3.55. The molecule has 96 valence electrons. The van der Waals surface area contributed by atoms with Crippen LogP contribution in [0, 0.1) is 18.3 Å². The van der Waals surface area contributed by atoms with Crippen molar-refractivity contribution in [2.45, 2.75) is 26.6 Å². The van der Waals surface area contributed by atoms with Crippen LogP contribution in [0.25, 0.3) is 0 Å². The molecule has 5 nitrogen and oxygen atoms in total. The van der Waals surface area contributed by atoms with Crippen LogP contribution >= 0.6 is 0 Å². The second-order valence-electron chi connectivity index (χ2n) is 4.79. The average molecular weight is 253 g/mol. The van der Waals surface area contributed by atoms with Crippen molar-refractivity contribution in [3.63, 3.8) is 0 Å². The van der Waals surface area contributed by atoms with Gasteiger partial charge in [-0.25, -0.2) is 0 Å². The van der Waals surface area contributed by atoms with Crippen molar-refractivity contribution in [3.05, 3.63) is 47.0 Å². The van der Waals surface area contributed by atoms with Gasteiger partial charge in [0.25, 0.3) is 0 Å². The lowest BCUT2D eigenvalue weighted by atomic mass is 10.1. The molecule has 2 heterocycles. The van der Waals surface area contributed by atoms with Crippen LogP contribution in [0.2, 0.25) is 0 Å². The molecule has 1 aromatic carbocycles. The topological polar surface area (TPSA) is 57.7 Å². The number of hydrogen-bond acceptors (Lipinski definition) is 4. The SMILES string of the molecule is Cc1nnc2n1CCN(Cc1ccccc1C#N)C2. The maximum Gasteiger partial charge on any atom is 0.147 e. The predicted octanol–water partition coefficient (Wildman–Crippen LogP) is 1.47. The number of nitrogens with zero attached hydrogens (tertiary/aromatic N) is 5. The summed E-state index contributed by atoms with van der Waals surface area (Å²) in [5, 5.41) is 17.4. The summed E-state index contributed by atoms with van der Waals surface area (Å²) in [4.78, 5) is 2.31. The van der Waals surface area contributed by atoms with E-state index in [0.717, 1.165) is 49.0 Å². The van der Waals surface area contributed by atoms with Crippen molar-refractivity contribution in [2.24, 2.45) is 0 Å². The summed E-state index contributed by atoms with van der Waals surface area (Å²) in [6, 6.07) is 10.0. The first-order chi connectivity index (χ1) is 9.28. The highest BCUT2D eigenvalue weighted by molar-refractivity contribution is 5.37. The molecule has 0 spiro atoms. The van der Waals surface area contributed by atoms with E-state index in [1.165, 1.54) is 0 Å². The van der Waals surface area contributed by atoms with Crippen LogP contribution in [-0.2, 0) is 19.6 Å². The van der Waals surface area contributed by atoms with Crippen molar-refractivity contribution in [2.75, 3.05) is 6.54 Å². The van der Waals surface area contributed by atoms with Crippen LogP contribution < -0.4 is 0 Å². The summed E-state index contributed by atoms with van der Waals surface area (Å²) < 4.78 is 2.16. The molecule has 0 atom stereocenters. The normalized spacial score (nSPS) is 14.9. The van der Waals surface area contributed by atoms with Gasteiger partial charge >= 0.3 is 0 Å². The Kier molecular flexibility index (Phi) is 3.02. The van der Waals surface area contributed by atoms with Gasteiger partial charge < -0.3 is 4.57 Å². The highest BCUT2D eigenvalue weighted by Gasteiger charge is 2.20. The first-order valence-electron chi connectivity index (χ1n) is 6.37. The molecule has 2 aromatic rings. The molecule has 19 heavy (non-hydrogen) atoms.